The molecule has 14 heteroatoms. The molecule has 0 saturated carbocycles. The van der Waals surface area contributed by atoms with E-state index in [0.29, 0.717) is 6.20 Å². The Hall–Kier alpha value is -3.71. The third-order valence-electron chi connectivity index (χ3n) is 5.24. The van der Waals surface area contributed by atoms with Crippen LogP contribution in [0, 0.1) is 11.3 Å². The maximum Gasteiger partial charge on any atom is 0.434 e. The van der Waals surface area contributed by atoms with E-state index < -0.39 is 54.3 Å². The maximum atomic E-state index is 14.4. The van der Waals surface area contributed by atoms with Crippen molar-refractivity contribution >= 4 is 17.2 Å². The minimum atomic E-state index is -4.68. The highest BCUT2D eigenvalue weighted by Crippen LogP contribution is 2.35. The molecule has 1 saturated heterocycles. The summed E-state index contributed by atoms with van der Waals surface area (Å²) >= 11 is 0. The van der Waals surface area contributed by atoms with Crippen LogP contribution in [0.1, 0.15) is 24.9 Å². The molecule has 0 aromatic carbocycles. The number of nitrogens with one attached hydrogen (secondary N) is 2. The van der Waals surface area contributed by atoms with E-state index in [0.717, 1.165) is 11.1 Å². The second kappa shape index (κ2) is 10.3. The first-order valence-corrected chi connectivity index (χ1v) is 10.4. The van der Waals surface area contributed by atoms with Gasteiger partial charge in [0.05, 0.1) is 30.6 Å². The average Bonchev–Trinajstić information content (AvgIpc) is 2.80. The van der Waals surface area contributed by atoms with Crippen LogP contribution < -0.4 is 10.1 Å². The minimum absolute atomic E-state index is 0.00656. The van der Waals surface area contributed by atoms with Crippen LogP contribution in [-0.4, -0.2) is 68.6 Å². The molecule has 0 radical (unpaired) electrons. The highest BCUT2D eigenvalue weighted by molar-refractivity contribution is 6.54. The molecule has 2 aromatic rings. The molecule has 1 amide bonds. The Labute approximate surface area is 197 Å². The molecule has 2 atom stereocenters. The maximum absolute atomic E-state index is 14.4. The summed E-state index contributed by atoms with van der Waals surface area (Å²) in [7, 11) is 1.53. The highest BCUT2D eigenvalue weighted by atomic mass is 19.4. The zero-order chi connectivity index (χ0) is 25.8. The molecule has 1 unspecified atom stereocenters. The third kappa shape index (κ3) is 6.25. The quantitative estimate of drug-likeness (QED) is 0.445. The lowest BCUT2D eigenvalue weighted by atomic mass is 9.88. The van der Waals surface area contributed by atoms with Crippen LogP contribution in [0.15, 0.2) is 37.1 Å². The summed E-state index contributed by atoms with van der Waals surface area (Å²) in [5.41, 5.74) is -1.84. The summed E-state index contributed by atoms with van der Waals surface area (Å²) in [5.74, 6) is -5.20. The number of amides is 1. The average molecular weight is 499 g/mol. The number of likely N-dealkylation sites (tertiary alicyclic amines) is 1. The fraction of sp³-hybridized carbons (Fsp3) is 0.429. The smallest absolute Gasteiger partial charge is 0.434 e. The summed E-state index contributed by atoms with van der Waals surface area (Å²) in [6.07, 6.45) is 0.146. The van der Waals surface area contributed by atoms with Crippen molar-refractivity contribution in [3.63, 3.8) is 0 Å². The number of nitrogens with zero attached hydrogens (tertiary/aromatic N) is 5. The van der Waals surface area contributed by atoms with E-state index >= 15 is 0 Å². The molecule has 0 aliphatic carbocycles. The van der Waals surface area contributed by atoms with Crippen molar-refractivity contribution in [1.29, 1.82) is 5.41 Å². The molecule has 1 aliphatic rings. The number of ether oxygens (including phenoxy) is 1. The van der Waals surface area contributed by atoms with Crippen molar-refractivity contribution in [3.8, 4) is 5.88 Å². The fourth-order valence-corrected chi connectivity index (χ4v) is 3.62. The Bertz CT molecular complexity index is 1080. The number of hydrogen-bond acceptors (Lipinski definition) is 8. The van der Waals surface area contributed by atoms with Gasteiger partial charge in [-0.05, 0) is 12.0 Å². The van der Waals surface area contributed by atoms with E-state index in [-0.39, 0.29) is 23.9 Å². The number of carbonyl (C=O) groups excluding carboxylic acids is 1. The SMILES string of the molecule is CN/C=C(\C(=N)C(=O)N1CC(F)(F)CC(C)[C@H]1COc1cnc(C(F)(F)F)cn1)c1ncccn1. The lowest BCUT2D eigenvalue weighted by molar-refractivity contribution is -0.148. The zero-order valence-corrected chi connectivity index (χ0v) is 18.7. The molecular formula is C21H22F5N7O2. The first-order chi connectivity index (χ1) is 16.4. The van der Waals surface area contributed by atoms with Crippen LogP contribution >= 0.6 is 0 Å². The molecule has 35 heavy (non-hydrogen) atoms. The lowest BCUT2D eigenvalue weighted by Gasteiger charge is -2.43. The largest absolute Gasteiger partial charge is 0.474 e. The van der Waals surface area contributed by atoms with Crippen LogP contribution in [0.25, 0.3) is 5.57 Å². The first-order valence-electron chi connectivity index (χ1n) is 10.4. The van der Waals surface area contributed by atoms with Gasteiger partial charge >= 0.3 is 6.18 Å². The molecule has 1 aliphatic heterocycles. The third-order valence-corrected chi connectivity index (χ3v) is 5.24. The fourth-order valence-electron chi connectivity index (χ4n) is 3.62. The predicted molar refractivity (Wildman–Crippen MR) is 114 cm³/mol. The molecule has 0 spiro atoms. The van der Waals surface area contributed by atoms with E-state index in [1.807, 2.05) is 0 Å². The topological polar surface area (TPSA) is 117 Å². The van der Waals surface area contributed by atoms with Crippen LogP contribution in [0.5, 0.6) is 5.88 Å². The first kappa shape index (κ1) is 25.9. The van der Waals surface area contributed by atoms with E-state index in [4.69, 9.17) is 10.1 Å². The second-order valence-electron chi connectivity index (χ2n) is 7.88. The lowest BCUT2D eigenvalue weighted by Crippen LogP contribution is -2.58. The van der Waals surface area contributed by atoms with Gasteiger partial charge in [0, 0.05) is 32.1 Å². The summed E-state index contributed by atoms with van der Waals surface area (Å²) in [6, 6.07) is 0.621. The Morgan fingerprint density at radius 1 is 1.26 bits per heavy atom. The van der Waals surface area contributed by atoms with Crippen molar-refractivity contribution in [2.24, 2.45) is 5.92 Å². The number of rotatable bonds is 7. The van der Waals surface area contributed by atoms with Crippen LogP contribution in [0.4, 0.5) is 22.0 Å². The number of alkyl halides is 5. The second-order valence-corrected chi connectivity index (χ2v) is 7.88. The Morgan fingerprint density at radius 2 is 1.94 bits per heavy atom. The van der Waals surface area contributed by atoms with E-state index in [1.54, 1.807) is 0 Å². The molecule has 9 nitrogen and oxygen atoms in total. The zero-order valence-electron chi connectivity index (χ0n) is 18.7. The molecule has 0 bridgehead atoms. The van der Waals surface area contributed by atoms with Crippen molar-refractivity contribution in [3.05, 3.63) is 48.6 Å². The highest BCUT2D eigenvalue weighted by Gasteiger charge is 2.47. The van der Waals surface area contributed by atoms with Gasteiger partial charge in [-0.2, -0.15) is 13.2 Å². The molecule has 2 aromatic heterocycles. The van der Waals surface area contributed by atoms with Gasteiger partial charge in [-0.3, -0.25) is 10.2 Å². The van der Waals surface area contributed by atoms with Crippen molar-refractivity contribution in [2.45, 2.75) is 31.5 Å². The Kier molecular flexibility index (Phi) is 7.60. The standard InChI is InChI=1S/C21H22F5N7O2/c1-12-6-20(22,23)11-33(14(12)10-35-16-9-31-15(8-32-16)21(24,25)26)19(34)17(27)13(7-28-2)18-29-4-3-5-30-18/h3-5,7-9,12,14,27-28H,6,10-11H2,1-2H3/b13-7+,27-17?/t12?,14-/m1/s1. The van der Waals surface area contributed by atoms with Gasteiger partial charge < -0.3 is 15.0 Å². The Morgan fingerprint density at radius 3 is 2.51 bits per heavy atom. The summed E-state index contributed by atoms with van der Waals surface area (Å²) in [6.45, 7) is 0.186. The summed E-state index contributed by atoms with van der Waals surface area (Å²) < 4.78 is 72.3. The molecule has 2 N–H and O–H groups in total. The number of halogens is 5. The van der Waals surface area contributed by atoms with Gasteiger partial charge in [0.2, 0.25) is 5.88 Å². The van der Waals surface area contributed by atoms with Gasteiger partial charge in [-0.1, -0.05) is 6.92 Å². The molecule has 1 fully saturated rings. The number of carbonyl (C=O) groups is 1. The van der Waals surface area contributed by atoms with Crippen molar-refractivity contribution in [2.75, 3.05) is 20.2 Å². The normalized spacial score (nSPS) is 20.3. The van der Waals surface area contributed by atoms with Gasteiger partial charge in [-0.15, -0.1) is 0 Å². The van der Waals surface area contributed by atoms with E-state index in [9.17, 15) is 26.7 Å². The number of piperidine rings is 1. The molecule has 3 rings (SSSR count). The summed E-state index contributed by atoms with van der Waals surface area (Å²) in [5, 5.41) is 11.1. The van der Waals surface area contributed by atoms with Gasteiger partial charge in [0.15, 0.2) is 11.5 Å². The minimum Gasteiger partial charge on any atom is -0.474 e. The summed E-state index contributed by atoms with van der Waals surface area (Å²) in [4.78, 5) is 28.9. The predicted octanol–water partition coefficient (Wildman–Crippen LogP) is 2.82. The van der Waals surface area contributed by atoms with E-state index in [2.05, 4.69) is 25.3 Å². The number of aromatic nitrogens is 4. The number of hydrogen-bond donors (Lipinski definition) is 2. The Balaban J connectivity index is 1.83. The van der Waals surface area contributed by atoms with Crippen molar-refractivity contribution in [1.82, 2.24) is 30.2 Å². The van der Waals surface area contributed by atoms with Crippen molar-refractivity contribution < 1.29 is 31.5 Å². The van der Waals surface area contributed by atoms with Crippen LogP contribution in [-0.2, 0) is 11.0 Å². The van der Waals surface area contributed by atoms with Crippen LogP contribution in [0.2, 0.25) is 0 Å². The molecular weight excluding hydrogens is 477 g/mol. The van der Waals surface area contributed by atoms with Crippen LogP contribution in [0.3, 0.4) is 0 Å². The van der Waals surface area contributed by atoms with Gasteiger partial charge in [0.25, 0.3) is 11.8 Å². The van der Waals surface area contributed by atoms with Gasteiger partial charge in [0.1, 0.15) is 12.3 Å². The molecule has 188 valence electrons. The van der Waals surface area contributed by atoms with Gasteiger partial charge in [-0.25, -0.2) is 28.7 Å². The molecule has 3 heterocycles. The monoisotopic (exact) mass is 499 g/mol. The van der Waals surface area contributed by atoms with E-state index in [1.165, 1.54) is 38.6 Å².